The number of nitrogens with zero attached hydrogens (tertiary/aromatic N) is 1. The van der Waals surface area contributed by atoms with Crippen molar-refractivity contribution >= 4 is 29.2 Å². The number of carbonyl (C=O) groups is 5. The van der Waals surface area contributed by atoms with Gasteiger partial charge in [0.25, 0.3) is 0 Å². The van der Waals surface area contributed by atoms with Gasteiger partial charge in [-0.3, -0.25) is 28.9 Å². The van der Waals surface area contributed by atoms with Gasteiger partial charge in [0.05, 0.1) is 26.4 Å². The van der Waals surface area contributed by atoms with Crippen molar-refractivity contribution in [3.63, 3.8) is 0 Å². The number of hydrogen-bond donors (Lipinski definition) is 2. The summed E-state index contributed by atoms with van der Waals surface area (Å²) in [5, 5.41) is 5.26. The van der Waals surface area contributed by atoms with Crippen LogP contribution in [0.1, 0.15) is 32.3 Å². The maximum absolute atomic E-state index is 13.5. The van der Waals surface area contributed by atoms with Crippen LogP contribution in [0, 0.1) is 11.8 Å². The van der Waals surface area contributed by atoms with E-state index in [1.54, 1.807) is 13.8 Å². The molecule has 39 heavy (non-hydrogen) atoms. The molecule has 10 nitrogen and oxygen atoms in total. The van der Waals surface area contributed by atoms with E-state index in [-0.39, 0.29) is 37.5 Å². The molecule has 4 atom stereocenters. The number of nitrogens with one attached hydrogen (secondary N) is 2. The van der Waals surface area contributed by atoms with Crippen LogP contribution in [-0.4, -0.2) is 91.7 Å². The molecule has 0 aliphatic carbocycles. The Morgan fingerprint density at radius 3 is 2.38 bits per heavy atom. The van der Waals surface area contributed by atoms with E-state index in [0.29, 0.717) is 39.3 Å². The third-order valence-corrected chi connectivity index (χ3v) is 7.10. The van der Waals surface area contributed by atoms with Crippen molar-refractivity contribution in [1.82, 2.24) is 15.5 Å². The minimum Gasteiger partial charge on any atom is -0.379 e. The molecule has 0 unspecified atom stereocenters. The zero-order chi connectivity index (χ0) is 28.4. The molecule has 0 bridgehead atoms. The standard InChI is InChI=1S/C29H39N3O7/c1-4-26(35)30-17-24(31-28(37)20(2)14-23(33)18-32-10-12-38-13-11-32)25(34)16-22(27(36)29(3)19-39-29)15-21-8-6-5-7-9-21/h4-9,20,22,24H,1,10-19H2,2-3H3,(H,30,35)(H,31,37)/t20-,22-,24+,29-/m1/s1. The summed E-state index contributed by atoms with van der Waals surface area (Å²) in [5.74, 6) is -2.93. The number of amides is 2. The molecule has 2 heterocycles. The van der Waals surface area contributed by atoms with E-state index < -0.39 is 41.1 Å². The predicted molar refractivity (Wildman–Crippen MR) is 144 cm³/mol. The Labute approximate surface area is 229 Å². The van der Waals surface area contributed by atoms with Gasteiger partial charge in [-0.25, -0.2) is 0 Å². The van der Waals surface area contributed by atoms with Gasteiger partial charge >= 0.3 is 0 Å². The Hall–Kier alpha value is -3.21. The minimum atomic E-state index is -1.07. The maximum Gasteiger partial charge on any atom is 0.243 e. The van der Waals surface area contributed by atoms with Crippen LogP contribution in [-0.2, 0) is 39.9 Å². The highest BCUT2D eigenvalue weighted by molar-refractivity contribution is 5.98. The number of carbonyl (C=O) groups excluding carboxylic acids is 5. The van der Waals surface area contributed by atoms with Gasteiger partial charge in [0, 0.05) is 44.3 Å². The van der Waals surface area contributed by atoms with Crippen LogP contribution in [0.15, 0.2) is 43.0 Å². The van der Waals surface area contributed by atoms with Crippen LogP contribution in [0.3, 0.4) is 0 Å². The molecule has 0 radical (unpaired) electrons. The second-order valence-electron chi connectivity index (χ2n) is 10.5. The predicted octanol–water partition coefficient (Wildman–Crippen LogP) is 0.877. The van der Waals surface area contributed by atoms with Gasteiger partial charge in [0.1, 0.15) is 17.4 Å². The fourth-order valence-electron chi connectivity index (χ4n) is 4.57. The van der Waals surface area contributed by atoms with Gasteiger partial charge in [-0.15, -0.1) is 0 Å². The molecule has 0 spiro atoms. The van der Waals surface area contributed by atoms with Crippen molar-refractivity contribution in [2.45, 2.75) is 44.8 Å². The van der Waals surface area contributed by atoms with Crippen LogP contribution in [0.25, 0.3) is 0 Å². The van der Waals surface area contributed by atoms with E-state index in [9.17, 15) is 24.0 Å². The van der Waals surface area contributed by atoms with Gasteiger partial charge in [-0.1, -0.05) is 43.8 Å². The number of epoxide rings is 1. The zero-order valence-corrected chi connectivity index (χ0v) is 22.8. The lowest BCUT2D eigenvalue weighted by molar-refractivity contribution is -0.134. The van der Waals surface area contributed by atoms with Crippen molar-refractivity contribution in [3.8, 4) is 0 Å². The summed E-state index contributed by atoms with van der Waals surface area (Å²) in [6.45, 7) is 9.60. The van der Waals surface area contributed by atoms with Crippen LogP contribution < -0.4 is 10.6 Å². The van der Waals surface area contributed by atoms with Gasteiger partial charge in [0.2, 0.25) is 11.8 Å². The molecule has 1 aromatic carbocycles. The third-order valence-electron chi connectivity index (χ3n) is 7.10. The highest BCUT2D eigenvalue weighted by atomic mass is 16.6. The van der Waals surface area contributed by atoms with Crippen LogP contribution in [0.2, 0.25) is 0 Å². The molecule has 212 valence electrons. The summed E-state index contributed by atoms with van der Waals surface area (Å²) in [5.41, 5.74) is -0.00826. The Kier molecular flexibility index (Phi) is 11.1. The first-order chi connectivity index (χ1) is 18.6. The Bertz CT molecular complexity index is 1050. The number of benzene rings is 1. The fourth-order valence-corrected chi connectivity index (χ4v) is 4.57. The van der Waals surface area contributed by atoms with Gasteiger partial charge < -0.3 is 20.1 Å². The summed E-state index contributed by atoms with van der Waals surface area (Å²) in [6.07, 6.45) is 1.31. The van der Waals surface area contributed by atoms with Crippen LogP contribution >= 0.6 is 0 Å². The first-order valence-electron chi connectivity index (χ1n) is 13.4. The van der Waals surface area contributed by atoms with Crippen molar-refractivity contribution < 1.29 is 33.4 Å². The minimum absolute atomic E-state index is 0.0218. The Morgan fingerprint density at radius 1 is 1.10 bits per heavy atom. The molecule has 2 aliphatic heterocycles. The molecule has 2 fully saturated rings. The number of ether oxygens (including phenoxy) is 2. The monoisotopic (exact) mass is 541 g/mol. The first-order valence-corrected chi connectivity index (χ1v) is 13.4. The normalized spacial score (nSPS) is 21.2. The number of morpholine rings is 1. The summed E-state index contributed by atoms with van der Waals surface area (Å²) < 4.78 is 10.7. The molecule has 2 aliphatic rings. The Morgan fingerprint density at radius 2 is 1.77 bits per heavy atom. The highest BCUT2D eigenvalue weighted by Gasteiger charge is 2.50. The fraction of sp³-hybridized carbons (Fsp3) is 0.552. The summed E-state index contributed by atoms with van der Waals surface area (Å²) in [6, 6.07) is 8.31. The zero-order valence-electron chi connectivity index (χ0n) is 22.8. The topological polar surface area (TPSA) is 134 Å². The molecule has 10 heteroatoms. The highest BCUT2D eigenvalue weighted by Crippen LogP contribution is 2.32. The second kappa shape index (κ2) is 14.3. The average Bonchev–Trinajstić information content (AvgIpc) is 3.69. The number of hydrogen-bond acceptors (Lipinski definition) is 8. The largest absolute Gasteiger partial charge is 0.379 e. The molecule has 2 N–H and O–H groups in total. The van der Waals surface area contributed by atoms with Gasteiger partial charge in [-0.05, 0) is 25.0 Å². The molecule has 2 saturated heterocycles. The molecular formula is C29H39N3O7. The first kappa shape index (κ1) is 30.3. The smallest absolute Gasteiger partial charge is 0.243 e. The molecular weight excluding hydrogens is 502 g/mol. The maximum atomic E-state index is 13.5. The van der Waals surface area contributed by atoms with E-state index in [1.165, 1.54) is 0 Å². The Balaban J connectivity index is 1.66. The van der Waals surface area contributed by atoms with Crippen LogP contribution in [0.4, 0.5) is 0 Å². The van der Waals surface area contributed by atoms with Crippen molar-refractivity contribution in [1.29, 1.82) is 0 Å². The molecule has 3 rings (SSSR count). The molecule has 0 aromatic heterocycles. The summed E-state index contributed by atoms with van der Waals surface area (Å²) >= 11 is 0. The number of rotatable bonds is 16. The summed E-state index contributed by atoms with van der Waals surface area (Å²) in [4.78, 5) is 66.1. The molecule has 0 saturated carbocycles. The van der Waals surface area contributed by atoms with E-state index >= 15 is 0 Å². The van der Waals surface area contributed by atoms with E-state index in [4.69, 9.17) is 9.47 Å². The SMILES string of the molecule is C=CC(=O)NC[C@H](NC(=O)[C@H](C)CC(=O)CN1CCOCC1)C(=O)C[C@@H](Cc1ccccc1)C(=O)[C@@]1(C)CO1. The lowest BCUT2D eigenvalue weighted by atomic mass is 9.84. The number of ketones is 3. The van der Waals surface area contributed by atoms with Crippen LogP contribution in [0.5, 0.6) is 0 Å². The van der Waals surface area contributed by atoms with E-state index in [2.05, 4.69) is 17.2 Å². The molecule has 2 amide bonds. The van der Waals surface area contributed by atoms with E-state index in [0.717, 1.165) is 11.6 Å². The number of Topliss-reactive ketones (excluding diaryl/α,β-unsaturated/α-hetero) is 3. The van der Waals surface area contributed by atoms with Gasteiger partial charge in [-0.2, -0.15) is 0 Å². The van der Waals surface area contributed by atoms with Gasteiger partial charge in [0.15, 0.2) is 11.6 Å². The lowest BCUT2D eigenvalue weighted by Crippen LogP contribution is -2.51. The summed E-state index contributed by atoms with van der Waals surface area (Å²) in [7, 11) is 0. The second-order valence-corrected chi connectivity index (χ2v) is 10.5. The van der Waals surface area contributed by atoms with E-state index in [1.807, 2.05) is 35.2 Å². The average molecular weight is 542 g/mol. The van der Waals surface area contributed by atoms with Crippen molar-refractivity contribution in [2.24, 2.45) is 11.8 Å². The van der Waals surface area contributed by atoms with Crippen molar-refractivity contribution in [3.05, 3.63) is 48.6 Å². The molecule has 1 aromatic rings. The lowest BCUT2D eigenvalue weighted by Gasteiger charge is -2.26. The quantitative estimate of drug-likeness (QED) is 0.233. The van der Waals surface area contributed by atoms with Crippen molar-refractivity contribution in [2.75, 3.05) is 46.0 Å². The third kappa shape index (κ3) is 9.49.